The van der Waals surface area contributed by atoms with Gasteiger partial charge in [0.05, 0.1) is 5.75 Å². The van der Waals surface area contributed by atoms with Crippen molar-refractivity contribution in [3.63, 3.8) is 0 Å². The topological polar surface area (TPSA) is 51.0 Å². The van der Waals surface area contributed by atoms with E-state index in [9.17, 15) is 4.79 Å². The molecule has 0 saturated heterocycles. The zero-order chi connectivity index (χ0) is 15.2. The second-order valence-electron chi connectivity index (χ2n) is 4.61. The van der Waals surface area contributed by atoms with Gasteiger partial charge in [0.2, 0.25) is 5.91 Å². The third-order valence-electron chi connectivity index (χ3n) is 3.00. The Hall–Kier alpha value is -1.47. The van der Waals surface area contributed by atoms with Crippen LogP contribution in [0.2, 0.25) is 0 Å². The summed E-state index contributed by atoms with van der Waals surface area (Å²) in [6, 6.07) is 8.27. The highest BCUT2D eigenvalue weighted by atomic mass is 32.2. The number of hydrogen-bond acceptors (Lipinski definition) is 5. The molecule has 2 aromatic rings. The van der Waals surface area contributed by atoms with Gasteiger partial charge in [-0.2, -0.15) is 0 Å². The number of amides is 1. The maximum atomic E-state index is 12.1. The van der Waals surface area contributed by atoms with Crippen LogP contribution in [-0.2, 0) is 18.4 Å². The van der Waals surface area contributed by atoms with Crippen LogP contribution in [0.25, 0.3) is 0 Å². The summed E-state index contributed by atoms with van der Waals surface area (Å²) in [6.07, 6.45) is 3.68. The lowest BCUT2D eigenvalue weighted by Gasteiger charge is -2.17. The Balaban J connectivity index is 1.85. The summed E-state index contributed by atoms with van der Waals surface area (Å²) in [5.74, 6) is 0.447. The normalized spacial score (nSPS) is 10.6. The predicted molar refractivity (Wildman–Crippen MR) is 86.4 cm³/mol. The minimum absolute atomic E-state index is 0.0805. The van der Waals surface area contributed by atoms with Gasteiger partial charge in [-0.1, -0.05) is 23.9 Å². The van der Waals surface area contributed by atoms with Crippen LogP contribution in [0.15, 0.2) is 40.6 Å². The molecular formula is C14H18N4OS2. The van der Waals surface area contributed by atoms with Crippen molar-refractivity contribution < 1.29 is 4.79 Å². The molecule has 21 heavy (non-hydrogen) atoms. The van der Waals surface area contributed by atoms with Crippen LogP contribution in [0.4, 0.5) is 0 Å². The molecule has 0 N–H and O–H groups in total. The Kier molecular flexibility index (Phi) is 5.69. The van der Waals surface area contributed by atoms with E-state index in [2.05, 4.69) is 34.5 Å². The van der Waals surface area contributed by atoms with Gasteiger partial charge in [0.15, 0.2) is 5.16 Å². The zero-order valence-corrected chi connectivity index (χ0v) is 13.9. The Labute approximate surface area is 133 Å². The van der Waals surface area contributed by atoms with Gasteiger partial charge in [-0.15, -0.1) is 22.0 Å². The average molecular weight is 322 g/mol. The molecule has 0 unspecified atom stereocenters. The Morgan fingerprint density at radius 3 is 2.62 bits per heavy atom. The van der Waals surface area contributed by atoms with Crippen molar-refractivity contribution in [2.45, 2.75) is 16.6 Å². The van der Waals surface area contributed by atoms with Gasteiger partial charge in [0, 0.05) is 25.5 Å². The molecule has 0 aliphatic rings. The molecule has 1 heterocycles. The first-order valence-corrected chi connectivity index (χ1v) is 8.65. The van der Waals surface area contributed by atoms with E-state index in [0.717, 1.165) is 10.7 Å². The number of thioether (sulfide) groups is 2. The van der Waals surface area contributed by atoms with Crippen molar-refractivity contribution in [2.75, 3.05) is 19.1 Å². The van der Waals surface area contributed by atoms with Crippen LogP contribution in [0.3, 0.4) is 0 Å². The van der Waals surface area contributed by atoms with Crippen molar-refractivity contribution in [3.8, 4) is 0 Å². The van der Waals surface area contributed by atoms with Crippen LogP contribution in [0.5, 0.6) is 0 Å². The van der Waals surface area contributed by atoms with E-state index in [4.69, 9.17) is 0 Å². The second-order valence-corrected chi connectivity index (χ2v) is 6.43. The molecule has 0 bridgehead atoms. The van der Waals surface area contributed by atoms with Crippen LogP contribution < -0.4 is 0 Å². The number of benzene rings is 1. The molecule has 1 aromatic carbocycles. The lowest BCUT2D eigenvalue weighted by molar-refractivity contribution is -0.127. The van der Waals surface area contributed by atoms with Crippen LogP contribution in [-0.4, -0.2) is 44.6 Å². The van der Waals surface area contributed by atoms with Crippen molar-refractivity contribution in [2.24, 2.45) is 7.05 Å². The number of carbonyl (C=O) groups excluding carboxylic acids is 1. The van der Waals surface area contributed by atoms with Crippen LogP contribution in [0, 0.1) is 0 Å². The fourth-order valence-electron chi connectivity index (χ4n) is 1.73. The molecule has 1 aromatic heterocycles. The number of aromatic nitrogens is 3. The average Bonchev–Trinajstić information content (AvgIpc) is 2.90. The lowest BCUT2D eigenvalue weighted by Crippen LogP contribution is -2.27. The van der Waals surface area contributed by atoms with E-state index in [1.807, 2.05) is 20.4 Å². The van der Waals surface area contributed by atoms with E-state index in [-0.39, 0.29) is 5.91 Å². The van der Waals surface area contributed by atoms with Gasteiger partial charge in [0.1, 0.15) is 6.33 Å². The minimum atomic E-state index is 0.0805. The minimum Gasteiger partial charge on any atom is -0.341 e. The van der Waals surface area contributed by atoms with Gasteiger partial charge in [0.25, 0.3) is 0 Å². The maximum absolute atomic E-state index is 12.1. The van der Waals surface area contributed by atoms with Gasteiger partial charge in [-0.05, 0) is 24.0 Å². The van der Waals surface area contributed by atoms with Gasteiger partial charge >= 0.3 is 0 Å². The third kappa shape index (κ3) is 4.50. The first-order valence-electron chi connectivity index (χ1n) is 6.44. The molecular weight excluding hydrogens is 304 g/mol. The first kappa shape index (κ1) is 15.9. The molecule has 0 spiro atoms. The monoisotopic (exact) mass is 322 g/mol. The highest BCUT2D eigenvalue weighted by Crippen LogP contribution is 2.17. The summed E-state index contributed by atoms with van der Waals surface area (Å²) in [5, 5.41) is 8.50. The second kappa shape index (κ2) is 7.51. The van der Waals surface area contributed by atoms with E-state index in [1.165, 1.54) is 16.7 Å². The molecule has 0 atom stereocenters. The van der Waals surface area contributed by atoms with E-state index in [0.29, 0.717) is 12.3 Å². The molecule has 1 amide bonds. The van der Waals surface area contributed by atoms with Crippen molar-refractivity contribution in [1.82, 2.24) is 19.7 Å². The van der Waals surface area contributed by atoms with Crippen molar-refractivity contribution in [1.29, 1.82) is 0 Å². The van der Waals surface area contributed by atoms with Crippen LogP contribution >= 0.6 is 23.5 Å². The number of hydrogen-bond donors (Lipinski definition) is 0. The fourth-order valence-corrected chi connectivity index (χ4v) is 2.97. The number of rotatable bonds is 6. The molecule has 7 heteroatoms. The Bertz CT molecular complexity index is 597. The van der Waals surface area contributed by atoms with Gasteiger partial charge < -0.3 is 9.47 Å². The summed E-state index contributed by atoms with van der Waals surface area (Å²) < 4.78 is 1.80. The van der Waals surface area contributed by atoms with Crippen LogP contribution in [0.1, 0.15) is 5.56 Å². The number of nitrogens with zero attached hydrogens (tertiary/aromatic N) is 4. The largest absolute Gasteiger partial charge is 0.341 e. The Morgan fingerprint density at radius 2 is 2.05 bits per heavy atom. The number of carbonyl (C=O) groups is 1. The van der Waals surface area contributed by atoms with E-state index < -0.39 is 0 Å². The standard InChI is InChI=1S/C14H18N4OS2/c1-17(8-11-4-6-12(20-3)7-5-11)13(19)9-21-14-16-15-10-18(14)2/h4-7,10H,8-9H2,1-3H3. The summed E-state index contributed by atoms with van der Waals surface area (Å²) in [5.41, 5.74) is 1.13. The van der Waals surface area contributed by atoms with E-state index >= 15 is 0 Å². The highest BCUT2D eigenvalue weighted by molar-refractivity contribution is 7.99. The first-order chi connectivity index (χ1) is 10.1. The smallest absolute Gasteiger partial charge is 0.233 e. The van der Waals surface area contributed by atoms with Gasteiger partial charge in [-0.25, -0.2) is 0 Å². The molecule has 2 rings (SSSR count). The SMILES string of the molecule is CSc1ccc(CN(C)C(=O)CSc2nncn2C)cc1. The summed E-state index contributed by atoms with van der Waals surface area (Å²) in [7, 11) is 3.69. The molecule has 0 aliphatic heterocycles. The molecule has 0 fully saturated rings. The molecule has 0 aliphatic carbocycles. The predicted octanol–water partition coefficient (Wildman–Crippen LogP) is 2.29. The molecule has 112 valence electrons. The zero-order valence-electron chi connectivity index (χ0n) is 12.3. The summed E-state index contributed by atoms with van der Waals surface area (Å²) in [6.45, 7) is 0.618. The van der Waals surface area contributed by atoms with Gasteiger partial charge in [-0.3, -0.25) is 4.79 Å². The maximum Gasteiger partial charge on any atom is 0.233 e. The van der Waals surface area contributed by atoms with Crippen molar-refractivity contribution >= 4 is 29.4 Å². The summed E-state index contributed by atoms with van der Waals surface area (Å²) >= 11 is 3.11. The number of aryl methyl sites for hydroxylation is 1. The summed E-state index contributed by atoms with van der Waals surface area (Å²) in [4.78, 5) is 15.1. The highest BCUT2D eigenvalue weighted by Gasteiger charge is 2.12. The van der Waals surface area contributed by atoms with E-state index in [1.54, 1.807) is 27.6 Å². The Morgan fingerprint density at radius 1 is 1.33 bits per heavy atom. The lowest BCUT2D eigenvalue weighted by atomic mass is 10.2. The van der Waals surface area contributed by atoms with Crippen molar-refractivity contribution in [3.05, 3.63) is 36.2 Å². The molecule has 0 saturated carbocycles. The fraction of sp³-hybridized carbons (Fsp3) is 0.357. The quantitative estimate of drug-likeness (QED) is 0.764. The third-order valence-corrected chi connectivity index (χ3v) is 4.76. The molecule has 0 radical (unpaired) electrons. The molecule has 5 nitrogen and oxygen atoms in total.